The van der Waals surface area contributed by atoms with E-state index in [1.165, 1.54) is 13.2 Å². The third-order valence-corrected chi connectivity index (χ3v) is 5.56. The zero-order chi connectivity index (χ0) is 18.6. The third-order valence-electron chi connectivity index (χ3n) is 4.56. The predicted octanol–water partition coefficient (Wildman–Crippen LogP) is 3.98. The van der Waals surface area contributed by atoms with Gasteiger partial charge in [0.2, 0.25) is 0 Å². The second kappa shape index (κ2) is 8.53. The Bertz CT molecular complexity index is 714. The van der Waals surface area contributed by atoms with E-state index in [9.17, 15) is 14.0 Å². The summed E-state index contributed by atoms with van der Waals surface area (Å²) in [5.41, 5.74) is 0.512. The van der Waals surface area contributed by atoms with Crippen molar-refractivity contribution in [3.63, 3.8) is 0 Å². The largest absolute Gasteiger partial charge is 0.496 e. The highest BCUT2D eigenvalue weighted by Gasteiger charge is 2.39. The van der Waals surface area contributed by atoms with Gasteiger partial charge >= 0.3 is 0 Å². The van der Waals surface area contributed by atoms with Crippen molar-refractivity contribution in [2.24, 2.45) is 5.92 Å². The monoisotopic (exact) mass is 362 g/mol. The highest BCUT2D eigenvalue weighted by molar-refractivity contribution is 7.99. The molecule has 2 rings (SSSR count). The van der Waals surface area contributed by atoms with Crippen LogP contribution in [0.4, 0.5) is 4.39 Å². The molecule has 0 aromatic heterocycles. The Morgan fingerprint density at radius 2 is 1.96 bits per heavy atom. The number of Topliss-reactive ketones (excluding diaryl/α,β-unsaturated/α-hetero) is 2. The van der Waals surface area contributed by atoms with Crippen LogP contribution in [-0.4, -0.2) is 30.2 Å². The van der Waals surface area contributed by atoms with Gasteiger partial charge in [0.1, 0.15) is 29.1 Å². The van der Waals surface area contributed by atoms with Crippen LogP contribution in [0.1, 0.15) is 50.2 Å². The van der Waals surface area contributed by atoms with Crippen molar-refractivity contribution in [1.82, 2.24) is 0 Å². The van der Waals surface area contributed by atoms with Gasteiger partial charge < -0.3 is 4.74 Å². The fourth-order valence-electron chi connectivity index (χ4n) is 3.37. The number of ether oxygens (including phenoxy) is 1. The molecule has 0 spiro atoms. The van der Waals surface area contributed by atoms with Gasteiger partial charge in [-0.2, -0.15) is 11.8 Å². The van der Waals surface area contributed by atoms with Gasteiger partial charge in [-0.25, -0.2) is 4.39 Å². The Hall–Kier alpha value is -1.80. The van der Waals surface area contributed by atoms with Gasteiger partial charge in [-0.1, -0.05) is 12.8 Å². The average Bonchev–Trinajstić information content (AvgIpc) is 2.55. The van der Waals surface area contributed by atoms with E-state index in [1.54, 1.807) is 24.8 Å². The van der Waals surface area contributed by atoms with E-state index < -0.39 is 11.7 Å². The Morgan fingerprint density at radius 1 is 1.32 bits per heavy atom. The highest BCUT2D eigenvalue weighted by atomic mass is 32.2. The number of hydrogen-bond donors (Lipinski definition) is 0. The second-order valence-corrected chi connectivity index (χ2v) is 7.65. The van der Waals surface area contributed by atoms with E-state index >= 15 is 0 Å². The van der Waals surface area contributed by atoms with Gasteiger partial charge in [0.15, 0.2) is 0 Å². The van der Waals surface area contributed by atoms with Crippen LogP contribution in [0.25, 0.3) is 0 Å². The fraction of sp³-hybridized carbons (Fsp3) is 0.500. The van der Waals surface area contributed by atoms with Crippen LogP contribution >= 0.6 is 11.8 Å². The zero-order valence-electron chi connectivity index (χ0n) is 15.0. The van der Waals surface area contributed by atoms with Crippen LogP contribution in [0.5, 0.6) is 5.75 Å². The quantitative estimate of drug-likeness (QED) is 0.587. The zero-order valence-corrected chi connectivity index (χ0v) is 15.8. The molecule has 1 atom stereocenters. The van der Waals surface area contributed by atoms with Crippen molar-refractivity contribution >= 4 is 23.3 Å². The normalized spacial score (nSPS) is 21.5. The van der Waals surface area contributed by atoms with Crippen molar-refractivity contribution in [2.75, 3.05) is 13.4 Å². The number of halogens is 1. The number of thioether (sulfide) groups is 1. The van der Waals surface area contributed by atoms with Crippen LogP contribution in [0.3, 0.4) is 0 Å². The number of carbonyl (C=O) groups excluding carboxylic acids is 2. The molecule has 1 fully saturated rings. The minimum absolute atomic E-state index is 0.0398. The third kappa shape index (κ3) is 4.43. The van der Waals surface area contributed by atoms with Crippen LogP contribution in [-0.2, 0) is 9.59 Å². The van der Waals surface area contributed by atoms with Crippen molar-refractivity contribution in [1.29, 1.82) is 0 Å². The van der Waals surface area contributed by atoms with Crippen LogP contribution in [0, 0.1) is 23.6 Å². The first-order valence-corrected chi connectivity index (χ1v) is 9.58. The Morgan fingerprint density at radius 3 is 2.48 bits per heavy atom. The van der Waals surface area contributed by atoms with Crippen molar-refractivity contribution in [3.8, 4) is 17.6 Å². The molecule has 1 unspecified atom stereocenters. The molecular formula is C20H23FO3S. The van der Waals surface area contributed by atoms with Gasteiger partial charge in [-0.15, -0.1) is 5.92 Å². The summed E-state index contributed by atoms with van der Waals surface area (Å²) in [4.78, 5) is 25.3. The first-order chi connectivity index (χ1) is 11.9. The van der Waals surface area contributed by atoms with E-state index in [0.717, 1.165) is 6.42 Å². The van der Waals surface area contributed by atoms with Crippen molar-refractivity contribution in [2.45, 2.75) is 44.3 Å². The Balaban J connectivity index is 2.34. The number of benzene rings is 1. The van der Waals surface area contributed by atoms with Gasteiger partial charge in [0.05, 0.1) is 7.11 Å². The molecule has 25 heavy (non-hydrogen) atoms. The number of carbonyl (C=O) groups is 2. The molecule has 1 saturated carbocycles. The van der Waals surface area contributed by atoms with E-state index in [0.29, 0.717) is 23.7 Å². The summed E-state index contributed by atoms with van der Waals surface area (Å²) < 4.78 is 19.9. The van der Waals surface area contributed by atoms with Gasteiger partial charge in [-0.3, -0.25) is 9.59 Å². The molecule has 0 heterocycles. The van der Waals surface area contributed by atoms with Gasteiger partial charge in [0.25, 0.3) is 0 Å². The lowest BCUT2D eigenvalue weighted by molar-refractivity contribution is -0.133. The summed E-state index contributed by atoms with van der Waals surface area (Å²) in [6.07, 6.45) is 3.44. The van der Waals surface area contributed by atoms with E-state index in [2.05, 4.69) is 18.8 Å². The average molecular weight is 362 g/mol. The molecule has 0 radical (unpaired) electrons. The Labute approximate surface area is 152 Å². The summed E-state index contributed by atoms with van der Waals surface area (Å²) in [6, 6.07) is 2.84. The van der Waals surface area contributed by atoms with Crippen molar-refractivity contribution < 1.29 is 18.7 Å². The summed E-state index contributed by atoms with van der Waals surface area (Å²) in [7, 11) is 1.40. The molecule has 0 bridgehead atoms. The molecule has 3 nitrogen and oxygen atoms in total. The molecule has 0 saturated heterocycles. The molecule has 1 aliphatic rings. The number of hydrogen-bond acceptors (Lipinski definition) is 4. The first-order valence-electron chi connectivity index (χ1n) is 8.29. The minimum Gasteiger partial charge on any atom is -0.496 e. The van der Waals surface area contributed by atoms with Crippen LogP contribution in [0.15, 0.2) is 12.1 Å². The molecular weight excluding hydrogens is 339 g/mol. The maximum Gasteiger partial charge on any atom is 0.148 e. The maximum absolute atomic E-state index is 14.7. The number of rotatable bonds is 5. The number of ketones is 2. The lowest BCUT2D eigenvalue weighted by Crippen LogP contribution is -2.33. The molecule has 1 aromatic rings. The lowest BCUT2D eigenvalue weighted by atomic mass is 9.75. The van der Waals surface area contributed by atoms with Crippen LogP contribution in [0.2, 0.25) is 0 Å². The summed E-state index contributed by atoms with van der Waals surface area (Å²) in [6.45, 7) is 3.74. The smallest absolute Gasteiger partial charge is 0.148 e. The van der Waals surface area contributed by atoms with E-state index in [-0.39, 0.29) is 28.8 Å². The molecule has 1 aliphatic carbocycles. The molecule has 5 heteroatoms. The summed E-state index contributed by atoms with van der Waals surface area (Å²) in [5.74, 6) is 3.59. The number of methoxy groups -OCH3 is 1. The molecule has 0 aliphatic heterocycles. The molecule has 1 aromatic carbocycles. The van der Waals surface area contributed by atoms with E-state index in [1.807, 2.05) is 6.26 Å². The minimum atomic E-state index is -1.07. The first kappa shape index (κ1) is 19.5. The SMILES string of the molecule is CC#Cc1cc(F)c(C2C(=O)CC(CC(C)SC)CC2=O)c(OC)c1. The van der Waals surface area contributed by atoms with Gasteiger partial charge in [0, 0.05) is 29.2 Å². The van der Waals surface area contributed by atoms with Gasteiger partial charge in [-0.05, 0) is 37.7 Å². The molecule has 0 amide bonds. The van der Waals surface area contributed by atoms with E-state index in [4.69, 9.17) is 4.74 Å². The summed E-state index contributed by atoms with van der Waals surface area (Å²) >= 11 is 1.72. The topological polar surface area (TPSA) is 43.4 Å². The summed E-state index contributed by atoms with van der Waals surface area (Å²) in [5, 5.41) is 0.389. The fourth-order valence-corrected chi connectivity index (χ4v) is 3.83. The second-order valence-electron chi connectivity index (χ2n) is 6.37. The highest BCUT2D eigenvalue weighted by Crippen LogP contribution is 2.39. The van der Waals surface area contributed by atoms with Crippen LogP contribution < -0.4 is 4.74 Å². The standard InChI is InChI=1S/C20H23FO3S/c1-5-6-13-8-15(21)19(18(11-13)24-3)20-16(22)9-14(10-17(20)23)7-12(2)25-4/h8,11-12,14,20H,7,9-10H2,1-4H3. The molecule has 134 valence electrons. The lowest BCUT2D eigenvalue weighted by Gasteiger charge is -2.29. The predicted molar refractivity (Wildman–Crippen MR) is 98.6 cm³/mol. The maximum atomic E-state index is 14.7. The van der Waals surface area contributed by atoms with Crippen molar-refractivity contribution in [3.05, 3.63) is 29.1 Å². The Kier molecular flexibility index (Phi) is 6.66. The molecule has 0 N–H and O–H groups in total.